The molecule has 0 aliphatic rings. The average Bonchev–Trinajstić information content (AvgIpc) is 2.15. The monoisotopic (exact) mass is 208 g/mol. The van der Waals surface area contributed by atoms with E-state index in [1.807, 2.05) is 19.9 Å². The van der Waals surface area contributed by atoms with Crippen molar-refractivity contribution < 1.29 is 5.11 Å². The predicted octanol–water partition coefficient (Wildman–Crippen LogP) is 2.39. The summed E-state index contributed by atoms with van der Waals surface area (Å²) in [6, 6.07) is 1.95. The minimum Gasteiger partial charge on any atom is -0.393 e. The molecule has 3 heteroatoms. The molecule has 0 aromatic carbocycles. The lowest BCUT2D eigenvalue weighted by Gasteiger charge is -2.16. The van der Waals surface area contributed by atoms with Crippen molar-refractivity contribution in [2.75, 3.05) is 0 Å². The van der Waals surface area contributed by atoms with Crippen LogP contribution in [0.1, 0.15) is 56.7 Å². The lowest BCUT2D eigenvalue weighted by molar-refractivity contribution is 0.167. The summed E-state index contributed by atoms with van der Waals surface area (Å²) in [5.41, 5.74) is 1.90. The van der Waals surface area contributed by atoms with E-state index >= 15 is 0 Å². The number of aliphatic hydroxyl groups is 1. The van der Waals surface area contributed by atoms with Crippen molar-refractivity contribution in [3.05, 3.63) is 23.3 Å². The lowest BCUT2D eigenvalue weighted by atomic mass is 10.0. The van der Waals surface area contributed by atoms with Gasteiger partial charge in [-0.2, -0.15) is 0 Å². The molecule has 2 unspecified atom stereocenters. The first kappa shape index (κ1) is 12.1. The van der Waals surface area contributed by atoms with Crippen LogP contribution >= 0.6 is 0 Å². The van der Waals surface area contributed by atoms with E-state index in [0.717, 1.165) is 17.2 Å². The van der Waals surface area contributed by atoms with Crippen molar-refractivity contribution >= 4 is 0 Å². The Kier molecular flexibility index (Phi) is 3.80. The molecule has 2 atom stereocenters. The zero-order chi connectivity index (χ0) is 11.6. The molecule has 15 heavy (non-hydrogen) atoms. The van der Waals surface area contributed by atoms with Crippen molar-refractivity contribution in [3.8, 4) is 0 Å². The van der Waals surface area contributed by atoms with E-state index in [0.29, 0.717) is 5.92 Å². The Morgan fingerprint density at radius 3 is 2.20 bits per heavy atom. The van der Waals surface area contributed by atoms with Gasteiger partial charge in [-0.15, -0.1) is 0 Å². The van der Waals surface area contributed by atoms with Crippen LogP contribution in [-0.4, -0.2) is 21.2 Å². The first-order valence-electron chi connectivity index (χ1n) is 5.45. The third-order valence-corrected chi connectivity index (χ3v) is 2.60. The van der Waals surface area contributed by atoms with E-state index in [1.165, 1.54) is 0 Å². The van der Waals surface area contributed by atoms with Crippen molar-refractivity contribution in [2.24, 2.45) is 0 Å². The molecule has 0 amide bonds. The van der Waals surface area contributed by atoms with Gasteiger partial charge in [0.05, 0.1) is 6.10 Å². The van der Waals surface area contributed by atoms with Crippen LogP contribution in [0.25, 0.3) is 0 Å². The van der Waals surface area contributed by atoms with Gasteiger partial charge in [0.2, 0.25) is 0 Å². The molecule has 3 nitrogen and oxygen atoms in total. The highest BCUT2D eigenvalue weighted by atomic mass is 16.3. The molecule has 1 N–H and O–H groups in total. The largest absolute Gasteiger partial charge is 0.393 e. The van der Waals surface area contributed by atoms with Gasteiger partial charge in [0.25, 0.3) is 0 Å². The second-order valence-electron chi connectivity index (χ2n) is 4.48. The Morgan fingerprint density at radius 2 is 1.73 bits per heavy atom. The fraction of sp³-hybridized carbons (Fsp3) is 0.667. The Bertz CT molecular complexity index is 334. The molecule has 1 aromatic rings. The summed E-state index contributed by atoms with van der Waals surface area (Å²) < 4.78 is 0. The number of aromatic nitrogens is 2. The molecule has 0 aliphatic carbocycles. The van der Waals surface area contributed by atoms with Crippen LogP contribution in [0.5, 0.6) is 0 Å². The van der Waals surface area contributed by atoms with Gasteiger partial charge in [0.15, 0.2) is 0 Å². The highest BCUT2D eigenvalue weighted by Gasteiger charge is 2.15. The fourth-order valence-electron chi connectivity index (χ4n) is 1.36. The first-order chi connectivity index (χ1) is 6.91. The maximum Gasteiger partial charge on any atom is 0.131 e. The molecular weight excluding hydrogens is 188 g/mol. The molecule has 0 radical (unpaired) electrons. The summed E-state index contributed by atoms with van der Waals surface area (Å²) in [4.78, 5) is 8.87. The second kappa shape index (κ2) is 4.71. The summed E-state index contributed by atoms with van der Waals surface area (Å²) in [6.07, 6.45) is -0.376. The van der Waals surface area contributed by atoms with E-state index in [1.54, 1.807) is 6.92 Å². The van der Waals surface area contributed by atoms with Crippen molar-refractivity contribution in [3.63, 3.8) is 0 Å². The molecule has 0 saturated heterocycles. The third kappa shape index (κ3) is 2.99. The quantitative estimate of drug-likeness (QED) is 0.829. The highest BCUT2D eigenvalue weighted by Crippen LogP contribution is 2.19. The molecular formula is C12H20N2O. The number of nitrogens with zero attached hydrogens (tertiary/aromatic N) is 2. The molecule has 1 heterocycles. The van der Waals surface area contributed by atoms with Gasteiger partial charge in [-0.1, -0.05) is 20.8 Å². The van der Waals surface area contributed by atoms with E-state index in [2.05, 4.69) is 23.8 Å². The maximum atomic E-state index is 9.53. The summed E-state index contributed by atoms with van der Waals surface area (Å²) >= 11 is 0. The smallest absolute Gasteiger partial charge is 0.131 e. The van der Waals surface area contributed by atoms with E-state index in [4.69, 9.17) is 0 Å². The van der Waals surface area contributed by atoms with Gasteiger partial charge < -0.3 is 5.11 Å². The van der Waals surface area contributed by atoms with E-state index in [9.17, 15) is 5.11 Å². The summed E-state index contributed by atoms with van der Waals surface area (Å²) in [5.74, 6) is 1.24. The molecule has 0 saturated carbocycles. The van der Waals surface area contributed by atoms with Gasteiger partial charge in [-0.25, -0.2) is 9.97 Å². The first-order valence-corrected chi connectivity index (χ1v) is 5.45. The maximum absolute atomic E-state index is 9.53. The van der Waals surface area contributed by atoms with Crippen LogP contribution in [0, 0.1) is 6.92 Å². The average molecular weight is 208 g/mol. The SMILES string of the molecule is Cc1cc(C(C)C(C)O)nc(C(C)C)n1. The molecule has 0 bridgehead atoms. The van der Waals surface area contributed by atoms with Crippen LogP contribution in [0.3, 0.4) is 0 Å². The summed E-state index contributed by atoms with van der Waals surface area (Å²) in [6.45, 7) is 9.89. The van der Waals surface area contributed by atoms with E-state index < -0.39 is 0 Å². The number of aryl methyl sites for hydroxylation is 1. The Labute approximate surface area is 91.6 Å². The predicted molar refractivity (Wildman–Crippen MR) is 61.0 cm³/mol. The molecule has 84 valence electrons. The van der Waals surface area contributed by atoms with Crippen molar-refractivity contribution in [1.82, 2.24) is 9.97 Å². The van der Waals surface area contributed by atoms with Crippen LogP contribution in [-0.2, 0) is 0 Å². The Balaban J connectivity index is 3.09. The van der Waals surface area contributed by atoms with Gasteiger partial charge in [0, 0.05) is 23.2 Å². The molecule has 1 rings (SSSR count). The van der Waals surface area contributed by atoms with Crippen molar-refractivity contribution in [2.45, 2.75) is 52.6 Å². The van der Waals surface area contributed by atoms with Gasteiger partial charge >= 0.3 is 0 Å². The Hall–Kier alpha value is -0.960. The molecule has 1 aromatic heterocycles. The normalized spacial score (nSPS) is 15.4. The number of rotatable bonds is 3. The minimum absolute atomic E-state index is 0.0594. The number of hydrogen-bond acceptors (Lipinski definition) is 3. The van der Waals surface area contributed by atoms with Crippen LogP contribution in [0.15, 0.2) is 6.07 Å². The van der Waals surface area contributed by atoms with Crippen LogP contribution in [0.4, 0.5) is 0 Å². The van der Waals surface area contributed by atoms with Crippen LogP contribution < -0.4 is 0 Å². The van der Waals surface area contributed by atoms with Gasteiger partial charge in [0.1, 0.15) is 5.82 Å². The van der Waals surface area contributed by atoms with Crippen molar-refractivity contribution in [1.29, 1.82) is 0 Å². The highest BCUT2D eigenvalue weighted by molar-refractivity contribution is 5.15. The summed E-state index contributed by atoms with van der Waals surface area (Å²) in [5, 5.41) is 9.53. The van der Waals surface area contributed by atoms with Crippen LogP contribution in [0.2, 0.25) is 0 Å². The van der Waals surface area contributed by atoms with Gasteiger partial charge in [-0.05, 0) is 19.9 Å². The third-order valence-electron chi connectivity index (χ3n) is 2.60. The standard InChI is InChI=1S/C12H20N2O/c1-7(2)12-13-8(3)6-11(14-12)9(4)10(5)15/h6-7,9-10,15H,1-5H3. The van der Waals surface area contributed by atoms with Gasteiger partial charge in [-0.3, -0.25) is 0 Å². The number of aliphatic hydroxyl groups excluding tert-OH is 1. The molecule has 0 fully saturated rings. The zero-order valence-electron chi connectivity index (χ0n) is 10.2. The molecule has 0 spiro atoms. The van der Waals surface area contributed by atoms with E-state index in [-0.39, 0.29) is 12.0 Å². The zero-order valence-corrected chi connectivity index (χ0v) is 10.2. The fourth-order valence-corrected chi connectivity index (χ4v) is 1.36. The molecule has 0 aliphatic heterocycles. The lowest BCUT2D eigenvalue weighted by Crippen LogP contribution is -2.14. The summed E-state index contributed by atoms with van der Waals surface area (Å²) in [7, 11) is 0. The second-order valence-corrected chi connectivity index (χ2v) is 4.48. The minimum atomic E-state index is -0.376. The topological polar surface area (TPSA) is 46.0 Å². The number of hydrogen-bond donors (Lipinski definition) is 1. The Morgan fingerprint density at radius 1 is 1.13 bits per heavy atom.